The first kappa shape index (κ1) is 33.4. The summed E-state index contributed by atoms with van der Waals surface area (Å²) < 4.78 is 0. The van der Waals surface area contributed by atoms with Crippen LogP contribution in [-0.4, -0.2) is 11.4 Å². The van der Waals surface area contributed by atoms with E-state index in [4.69, 9.17) is 9.98 Å². The van der Waals surface area contributed by atoms with E-state index in [0.29, 0.717) is 23.7 Å². The second-order valence-corrected chi connectivity index (χ2v) is 9.58. The maximum absolute atomic E-state index is 5.13. The smallest absolute Gasteiger partial charge is 0.358 e. The van der Waals surface area contributed by atoms with Gasteiger partial charge in [0, 0.05) is 0 Å². The molecular formula is C30H46N2Ni. The van der Waals surface area contributed by atoms with E-state index >= 15 is 0 Å². The normalized spacial score (nSPS) is 12.1. The Morgan fingerprint density at radius 3 is 0.909 bits per heavy atom. The molecule has 0 amide bonds. The molecule has 186 valence electrons. The van der Waals surface area contributed by atoms with Gasteiger partial charge in [-0.1, -0.05) is 91.8 Å². The van der Waals surface area contributed by atoms with Crippen LogP contribution in [0.1, 0.15) is 115 Å². The van der Waals surface area contributed by atoms with E-state index < -0.39 is 0 Å². The van der Waals surface area contributed by atoms with E-state index in [1.54, 1.807) is 0 Å². The molecule has 0 fully saturated rings. The first-order chi connectivity index (χ1) is 14.0. The third-order valence-electron chi connectivity index (χ3n) is 5.77. The van der Waals surface area contributed by atoms with Gasteiger partial charge in [-0.25, -0.2) is 0 Å². The summed E-state index contributed by atoms with van der Waals surface area (Å²) in [6, 6.07) is 13.2. The van der Waals surface area contributed by atoms with Crippen LogP contribution < -0.4 is 0 Å². The van der Waals surface area contributed by atoms with Crippen LogP contribution in [0.5, 0.6) is 0 Å². The summed E-state index contributed by atoms with van der Waals surface area (Å²) in [5.41, 5.74) is 9.43. The summed E-state index contributed by atoms with van der Waals surface area (Å²) in [4.78, 5) is 10.3. The summed E-state index contributed by atoms with van der Waals surface area (Å²) >= 11 is 0. The van der Waals surface area contributed by atoms with E-state index in [0.717, 1.165) is 22.8 Å². The average molecular weight is 493 g/mol. The van der Waals surface area contributed by atoms with Crippen LogP contribution in [0.4, 0.5) is 11.4 Å². The Hall–Kier alpha value is -1.73. The van der Waals surface area contributed by atoms with Gasteiger partial charge in [-0.2, -0.15) is 0 Å². The average Bonchev–Trinajstić information content (AvgIpc) is 2.67. The molecule has 0 saturated carbocycles. The number of hydrogen-bond donors (Lipinski definition) is 0. The van der Waals surface area contributed by atoms with Crippen LogP contribution in [0.15, 0.2) is 46.4 Å². The summed E-state index contributed by atoms with van der Waals surface area (Å²) in [6.45, 7) is 22.1. The molecule has 0 bridgehead atoms. The molecule has 0 aliphatic heterocycles. The maximum Gasteiger partial charge on any atom is 2.00 e. The van der Waals surface area contributed by atoms with Crippen molar-refractivity contribution >= 4 is 22.8 Å². The summed E-state index contributed by atoms with van der Waals surface area (Å²) in [6.07, 6.45) is 0. The molecule has 0 heterocycles. The molecule has 0 radical (unpaired) electrons. The van der Waals surface area contributed by atoms with Crippen molar-refractivity contribution in [2.24, 2.45) is 9.98 Å². The van der Waals surface area contributed by atoms with Gasteiger partial charge in [-0.15, -0.1) is 0 Å². The quantitative estimate of drug-likeness (QED) is 0.208. The second-order valence-electron chi connectivity index (χ2n) is 9.58. The Labute approximate surface area is 215 Å². The Bertz CT molecular complexity index is 804. The van der Waals surface area contributed by atoms with Gasteiger partial charge < -0.3 is 14.9 Å². The molecule has 2 aromatic carbocycles. The number of rotatable bonds is 7. The van der Waals surface area contributed by atoms with Gasteiger partial charge >= 0.3 is 16.5 Å². The topological polar surface area (TPSA) is 24.7 Å². The predicted octanol–water partition coefficient (Wildman–Crippen LogP) is 9.96. The van der Waals surface area contributed by atoms with Crippen LogP contribution in [-0.2, 0) is 16.5 Å². The fourth-order valence-electron chi connectivity index (χ4n) is 3.78. The summed E-state index contributed by atoms with van der Waals surface area (Å²) in [5, 5.41) is 0. The van der Waals surface area contributed by atoms with Gasteiger partial charge in [0.25, 0.3) is 0 Å². The van der Waals surface area contributed by atoms with Gasteiger partial charge in [0.2, 0.25) is 0 Å². The zero-order valence-corrected chi connectivity index (χ0v) is 24.0. The van der Waals surface area contributed by atoms with Crippen LogP contribution in [0.3, 0.4) is 0 Å². The van der Waals surface area contributed by atoms with Gasteiger partial charge in [-0.05, 0) is 59.8 Å². The third-order valence-corrected chi connectivity index (χ3v) is 5.77. The van der Waals surface area contributed by atoms with E-state index in [2.05, 4.69) is 106 Å². The van der Waals surface area contributed by atoms with Crippen molar-refractivity contribution in [3.05, 3.63) is 73.5 Å². The van der Waals surface area contributed by atoms with E-state index in [9.17, 15) is 0 Å². The molecule has 2 rings (SSSR count). The molecule has 33 heavy (non-hydrogen) atoms. The molecular weight excluding hydrogens is 447 g/mol. The molecule has 2 nitrogen and oxygen atoms in total. The van der Waals surface area contributed by atoms with Crippen LogP contribution in [0.25, 0.3) is 0 Å². The van der Waals surface area contributed by atoms with Gasteiger partial charge in [0.15, 0.2) is 0 Å². The van der Waals surface area contributed by atoms with Crippen LogP contribution in [0.2, 0.25) is 0 Å². The fraction of sp³-hybridized carbons (Fsp3) is 0.467. The molecule has 0 saturated heterocycles. The minimum atomic E-state index is 0. The molecule has 3 heteroatoms. The number of benzene rings is 2. The molecule has 0 aliphatic carbocycles. The Kier molecular flexibility index (Phi) is 14.7. The van der Waals surface area contributed by atoms with Gasteiger partial charge in [-0.3, -0.25) is 9.98 Å². The maximum atomic E-state index is 5.13. The van der Waals surface area contributed by atoms with Crippen molar-refractivity contribution < 1.29 is 16.5 Å². The second kappa shape index (κ2) is 14.5. The fourth-order valence-corrected chi connectivity index (χ4v) is 3.78. The molecule has 0 aliphatic rings. The summed E-state index contributed by atoms with van der Waals surface area (Å²) in [5.74, 6) is 1.73. The van der Waals surface area contributed by atoms with Crippen molar-refractivity contribution in [3.8, 4) is 0 Å². The minimum absolute atomic E-state index is 0. The first-order valence-electron chi connectivity index (χ1n) is 11.4. The first-order valence-corrected chi connectivity index (χ1v) is 11.4. The molecule has 0 spiro atoms. The number of aliphatic imine (C=N–C) groups is 2. The standard InChI is InChI=1S/C28H40N2.2CH3.Ni/c1-17(2)23-13-11-14-24(18(3)4)27(23)29-21(9)22(10)30-28-25(19(5)6)15-12-16-26(28)20(7)8;;;/h11-20H,1-10H3;2*1H3;/q;2*-1;+2. The number of para-hydroxylation sites is 2. The van der Waals surface area contributed by atoms with Gasteiger partial charge in [0.1, 0.15) is 0 Å². The van der Waals surface area contributed by atoms with Crippen molar-refractivity contribution in [1.82, 2.24) is 0 Å². The zero-order chi connectivity index (χ0) is 22.6. The third kappa shape index (κ3) is 8.22. The van der Waals surface area contributed by atoms with Gasteiger partial charge in [0.05, 0.1) is 22.8 Å². The summed E-state index contributed by atoms with van der Waals surface area (Å²) in [7, 11) is 0. The van der Waals surface area contributed by atoms with Crippen LogP contribution >= 0.6 is 0 Å². The molecule has 2 aromatic rings. The van der Waals surface area contributed by atoms with Crippen molar-refractivity contribution in [1.29, 1.82) is 0 Å². The molecule has 0 unspecified atom stereocenters. The van der Waals surface area contributed by atoms with E-state index in [-0.39, 0.29) is 31.3 Å². The molecule has 0 N–H and O–H groups in total. The number of hydrogen-bond acceptors (Lipinski definition) is 2. The molecule has 0 aromatic heterocycles. The SMILES string of the molecule is CC(=Nc1c(C(C)C)cccc1C(C)C)C(C)=Nc1c(C(C)C)cccc1C(C)C.[CH3-].[CH3-].[Ni+2]. The zero-order valence-electron chi connectivity index (χ0n) is 23.0. The van der Waals surface area contributed by atoms with Crippen molar-refractivity contribution in [2.45, 2.75) is 92.9 Å². The minimum Gasteiger partial charge on any atom is -0.358 e. The Morgan fingerprint density at radius 2 is 0.727 bits per heavy atom. The monoisotopic (exact) mass is 492 g/mol. The number of nitrogens with zero attached hydrogens (tertiary/aromatic N) is 2. The van der Waals surface area contributed by atoms with E-state index in [1.807, 2.05) is 0 Å². The van der Waals surface area contributed by atoms with E-state index in [1.165, 1.54) is 22.3 Å². The van der Waals surface area contributed by atoms with Crippen molar-refractivity contribution in [2.75, 3.05) is 0 Å². The Morgan fingerprint density at radius 1 is 0.515 bits per heavy atom. The predicted molar refractivity (Wildman–Crippen MR) is 148 cm³/mol. The molecule has 0 atom stereocenters. The van der Waals surface area contributed by atoms with Crippen LogP contribution in [0, 0.1) is 14.9 Å². The largest absolute Gasteiger partial charge is 2.00 e. The Balaban J connectivity index is 0. The van der Waals surface area contributed by atoms with Crippen molar-refractivity contribution in [3.63, 3.8) is 0 Å².